The number of piperidine rings is 1. The lowest BCUT2D eigenvalue weighted by atomic mass is 9.97. The average Bonchev–Trinajstić information content (AvgIpc) is 2.04. The van der Waals surface area contributed by atoms with E-state index in [1.165, 1.54) is 32.4 Å². The topological polar surface area (TPSA) is 21.3 Å². The fraction of sp³-hybridized carbons (Fsp3) is 1.00. The van der Waals surface area contributed by atoms with Gasteiger partial charge >= 0.3 is 0 Å². The number of hydrogen-bond donors (Lipinski definition) is 1. The van der Waals surface area contributed by atoms with Crippen LogP contribution in [0.4, 0.5) is 0 Å². The van der Waals surface area contributed by atoms with Crippen LogP contribution in [0.5, 0.6) is 0 Å². The fourth-order valence-corrected chi connectivity index (χ4v) is 1.70. The molecule has 1 atom stereocenters. The van der Waals surface area contributed by atoms with Crippen LogP contribution in [0.1, 0.15) is 40.0 Å². The molecule has 1 aliphatic rings. The van der Waals surface area contributed by atoms with Crippen molar-refractivity contribution < 1.29 is 4.74 Å². The molecule has 0 aliphatic carbocycles. The standard InChI is InChI=1S/C11H23NO/c1-11(2,3)13-8-6-10-5-4-7-12-9-10/h10,12H,4-9H2,1-3H3/t10-/m1/s1. The van der Waals surface area contributed by atoms with Gasteiger partial charge in [-0.05, 0) is 59.0 Å². The Morgan fingerprint density at radius 3 is 2.69 bits per heavy atom. The highest BCUT2D eigenvalue weighted by Gasteiger charge is 2.15. The van der Waals surface area contributed by atoms with Crippen molar-refractivity contribution in [3.8, 4) is 0 Å². The van der Waals surface area contributed by atoms with Gasteiger partial charge in [-0.15, -0.1) is 0 Å². The van der Waals surface area contributed by atoms with Gasteiger partial charge in [0.15, 0.2) is 0 Å². The van der Waals surface area contributed by atoms with E-state index in [0.717, 1.165) is 12.5 Å². The lowest BCUT2D eigenvalue weighted by Gasteiger charge is -2.25. The highest BCUT2D eigenvalue weighted by molar-refractivity contribution is 4.69. The number of rotatable bonds is 3. The predicted molar refractivity (Wildman–Crippen MR) is 55.9 cm³/mol. The fourth-order valence-electron chi connectivity index (χ4n) is 1.70. The Morgan fingerprint density at radius 2 is 2.15 bits per heavy atom. The summed E-state index contributed by atoms with van der Waals surface area (Å²) in [5.41, 5.74) is 0.0299. The highest BCUT2D eigenvalue weighted by Crippen LogP contribution is 2.15. The molecule has 0 saturated carbocycles. The Bertz CT molecular complexity index is 134. The Balaban J connectivity index is 2.04. The quantitative estimate of drug-likeness (QED) is 0.727. The summed E-state index contributed by atoms with van der Waals surface area (Å²) in [6, 6.07) is 0. The van der Waals surface area contributed by atoms with Crippen molar-refractivity contribution in [2.45, 2.75) is 45.6 Å². The van der Waals surface area contributed by atoms with Crippen molar-refractivity contribution in [2.75, 3.05) is 19.7 Å². The third kappa shape index (κ3) is 5.27. The molecule has 2 nitrogen and oxygen atoms in total. The van der Waals surface area contributed by atoms with Crippen molar-refractivity contribution in [1.82, 2.24) is 5.32 Å². The minimum absolute atomic E-state index is 0.0299. The van der Waals surface area contributed by atoms with Crippen molar-refractivity contribution in [1.29, 1.82) is 0 Å². The van der Waals surface area contributed by atoms with Crippen LogP contribution in [0.25, 0.3) is 0 Å². The van der Waals surface area contributed by atoms with Gasteiger partial charge in [-0.25, -0.2) is 0 Å². The largest absolute Gasteiger partial charge is 0.376 e. The molecule has 1 N–H and O–H groups in total. The predicted octanol–water partition coefficient (Wildman–Crippen LogP) is 2.19. The van der Waals surface area contributed by atoms with Gasteiger partial charge < -0.3 is 10.1 Å². The van der Waals surface area contributed by atoms with E-state index in [-0.39, 0.29) is 5.60 Å². The summed E-state index contributed by atoms with van der Waals surface area (Å²) in [4.78, 5) is 0. The summed E-state index contributed by atoms with van der Waals surface area (Å²) in [7, 11) is 0. The van der Waals surface area contributed by atoms with Gasteiger partial charge in [-0.1, -0.05) is 0 Å². The molecule has 1 heterocycles. The molecule has 0 bridgehead atoms. The summed E-state index contributed by atoms with van der Waals surface area (Å²) in [5.74, 6) is 0.844. The second-order valence-corrected chi connectivity index (χ2v) is 4.96. The van der Waals surface area contributed by atoms with Crippen LogP contribution in [0.15, 0.2) is 0 Å². The molecular formula is C11H23NO. The van der Waals surface area contributed by atoms with Gasteiger partial charge in [0.05, 0.1) is 5.60 Å². The summed E-state index contributed by atoms with van der Waals surface area (Å²) in [5, 5.41) is 3.43. The molecule has 1 saturated heterocycles. The first-order valence-corrected chi connectivity index (χ1v) is 5.42. The maximum absolute atomic E-state index is 5.70. The third-order valence-electron chi connectivity index (χ3n) is 2.46. The Labute approximate surface area is 82.0 Å². The normalized spacial score (nSPS) is 24.7. The van der Waals surface area contributed by atoms with Crippen molar-refractivity contribution >= 4 is 0 Å². The van der Waals surface area contributed by atoms with Crippen molar-refractivity contribution in [2.24, 2.45) is 5.92 Å². The molecule has 0 spiro atoms. The van der Waals surface area contributed by atoms with Gasteiger partial charge in [0.25, 0.3) is 0 Å². The van der Waals surface area contributed by atoms with Crippen LogP contribution in [-0.2, 0) is 4.74 Å². The van der Waals surface area contributed by atoms with E-state index in [0.29, 0.717) is 0 Å². The molecule has 13 heavy (non-hydrogen) atoms. The smallest absolute Gasteiger partial charge is 0.0598 e. The zero-order valence-corrected chi connectivity index (χ0v) is 9.23. The van der Waals surface area contributed by atoms with Crippen LogP contribution >= 0.6 is 0 Å². The van der Waals surface area contributed by atoms with Crippen molar-refractivity contribution in [3.05, 3.63) is 0 Å². The number of hydrogen-bond acceptors (Lipinski definition) is 2. The average molecular weight is 185 g/mol. The third-order valence-corrected chi connectivity index (χ3v) is 2.46. The van der Waals surface area contributed by atoms with E-state index in [9.17, 15) is 0 Å². The van der Waals surface area contributed by atoms with Crippen LogP contribution in [0.2, 0.25) is 0 Å². The molecule has 0 unspecified atom stereocenters. The lowest BCUT2D eigenvalue weighted by Crippen LogP contribution is -2.31. The number of ether oxygens (including phenoxy) is 1. The van der Waals surface area contributed by atoms with Gasteiger partial charge in [0.2, 0.25) is 0 Å². The summed E-state index contributed by atoms with van der Waals surface area (Å²) >= 11 is 0. The maximum Gasteiger partial charge on any atom is 0.0598 e. The zero-order valence-electron chi connectivity index (χ0n) is 9.23. The SMILES string of the molecule is CC(C)(C)OCC[C@H]1CCCNC1. The zero-order chi connectivity index (χ0) is 9.73. The molecule has 1 fully saturated rings. The van der Waals surface area contributed by atoms with Gasteiger partial charge in [0.1, 0.15) is 0 Å². The van der Waals surface area contributed by atoms with E-state index >= 15 is 0 Å². The monoisotopic (exact) mass is 185 g/mol. The second-order valence-electron chi connectivity index (χ2n) is 4.96. The van der Waals surface area contributed by atoms with Crippen LogP contribution < -0.4 is 5.32 Å². The van der Waals surface area contributed by atoms with Crippen molar-refractivity contribution in [3.63, 3.8) is 0 Å². The van der Waals surface area contributed by atoms with E-state index in [1.54, 1.807) is 0 Å². The van der Waals surface area contributed by atoms with Gasteiger partial charge in [0, 0.05) is 6.61 Å². The van der Waals surface area contributed by atoms with E-state index < -0.39 is 0 Å². The minimum Gasteiger partial charge on any atom is -0.376 e. The summed E-state index contributed by atoms with van der Waals surface area (Å²) in [6.45, 7) is 9.66. The summed E-state index contributed by atoms with van der Waals surface area (Å²) < 4.78 is 5.70. The molecule has 0 aromatic carbocycles. The lowest BCUT2D eigenvalue weighted by molar-refractivity contribution is -0.0103. The molecule has 1 aliphatic heterocycles. The van der Waals surface area contributed by atoms with Crippen LogP contribution in [0.3, 0.4) is 0 Å². The minimum atomic E-state index is 0.0299. The van der Waals surface area contributed by atoms with Gasteiger partial charge in [-0.3, -0.25) is 0 Å². The molecule has 78 valence electrons. The molecule has 0 aromatic rings. The summed E-state index contributed by atoms with van der Waals surface area (Å²) in [6.07, 6.45) is 3.92. The Morgan fingerprint density at radius 1 is 1.38 bits per heavy atom. The molecule has 0 amide bonds. The molecular weight excluding hydrogens is 162 g/mol. The van der Waals surface area contributed by atoms with Crippen LogP contribution in [-0.4, -0.2) is 25.3 Å². The van der Waals surface area contributed by atoms with Crippen LogP contribution in [0, 0.1) is 5.92 Å². The molecule has 1 rings (SSSR count). The number of nitrogens with one attached hydrogen (secondary N) is 1. The first-order valence-electron chi connectivity index (χ1n) is 5.42. The Hall–Kier alpha value is -0.0800. The Kier molecular flexibility index (Phi) is 4.20. The molecule has 0 aromatic heterocycles. The van der Waals surface area contributed by atoms with E-state index in [1.807, 2.05) is 0 Å². The molecule has 2 heteroatoms. The first kappa shape index (κ1) is 11.0. The first-order chi connectivity index (χ1) is 6.08. The second kappa shape index (κ2) is 4.97. The van der Waals surface area contributed by atoms with E-state index in [2.05, 4.69) is 26.1 Å². The highest BCUT2D eigenvalue weighted by atomic mass is 16.5. The van der Waals surface area contributed by atoms with Gasteiger partial charge in [-0.2, -0.15) is 0 Å². The maximum atomic E-state index is 5.70. The van der Waals surface area contributed by atoms with E-state index in [4.69, 9.17) is 4.74 Å². The molecule has 0 radical (unpaired) electrons.